The Bertz CT molecular complexity index is 533. The SMILES string of the molecule is CC(C)(C)OC(=O)NCc1cc(C=O)cc(C(F)(F)F)c1. The maximum absolute atomic E-state index is 12.7. The molecule has 1 aromatic rings. The number of nitrogens with one attached hydrogen (secondary N) is 1. The standard InChI is InChI=1S/C14H16F3NO3/c1-13(2,3)21-12(20)18-7-9-4-10(8-19)6-11(5-9)14(15,16)17/h4-6,8H,7H2,1-3H3,(H,18,20). The molecule has 0 aromatic heterocycles. The van der Waals surface area contributed by atoms with Crippen molar-refractivity contribution in [2.24, 2.45) is 0 Å². The first-order chi connectivity index (χ1) is 9.51. The van der Waals surface area contributed by atoms with E-state index in [0.29, 0.717) is 6.29 Å². The van der Waals surface area contributed by atoms with Crippen LogP contribution in [0.4, 0.5) is 18.0 Å². The number of rotatable bonds is 3. The Balaban J connectivity index is 2.84. The molecule has 0 unspecified atom stereocenters. The lowest BCUT2D eigenvalue weighted by molar-refractivity contribution is -0.137. The van der Waals surface area contributed by atoms with E-state index >= 15 is 0 Å². The minimum absolute atomic E-state index is 0.106. The van der Waals surface area contributed by atoms with Gasteiger partial charge in [-0.25, -0.2) is 4.79 Å². The van der Waals surface area contributed by atoms with Gasteiger partial charge in [-0.3, -0.25) is 4.79 Å². The Morgan fingerprint density at radius 2 is 1.86 bits per heavy atom. The quantitative estimate of drug-likeness (QED) is 0.869. The van der Waals surface area contributed by atoms with E-state index in [0.717, 1.165) is 12.1 Å². The molecule has 0 aliphatic heterocycles. The number of hydrogen-bond acceptors (Lipinski definition) is 3. The highest BCUT2D eigenvalue weighted by atomic mass is 19.4. The molecule has 0 bridgehead atoms. The Labute approximate surface area is 120 Å². The predicted octanol–water partition coefficient (Wildman–Crippen LogP) is 3.54. The number of halogens is 3. The van der Waals surface area contributed by atoms with E-state index in [-0.39, 0.29) is 17.7 Å². The maximum Gasteiger partial charge on any atom is 0.416 e. The molecule has 1 rings (SSSR count). The second-order valence-electron chi connectivity index (χ2n) is 5.43. The summed E-state index contributed by atoms with van der Waals surface area (Å²) in [6.45, 7) is 4.84. The fourth-order valence-electron chi connectivity index (χ4n) is 1.54. The molecule has 0 fully saturated rings. The molecule has 1 amide bonds. The summed E-state index contributed by atoms with van der Waals surface area (Å²) in [5.74, 6) is 0. The third-order valence-electron chi connectivity index (χ3n) is 2.31. The molecule has 4 nitrogen and oxygen atoms in total. The van der Waals surface area contributed by atoms with E-state index in [1.807, 2.05) is 0 Å². The third kappa shape index (κ3) is 5.85. The van der Waals surface area contributed by atoms with E-state index in [9.17, 15) is 22.8 Å². The summed E-state index contributed by atoms with van der Waals surface area (Å²) in [6.07, 6.45) is -4.97. The molecule has 1 aromatic carbocycles. The summed E-state index contributed by atoms with van der Waals surface area (Å²) < 4.78 is 43.0. The number of ether oxygens (including phenoxy) is 1. The lowest BCUT2D eigenvalue weighted by Gasteiger charge is -2.19. The van der Waals surface area contributed by atoms with Crippen molar-refractivity contribution in [2.45, 2.75) is 39.1 Å². The van der Waals surface area contributed by atoms with Gasteiger partial charge >= 0.3 is 12.3 Å². The number of alkyl halides is 3. The first-order valence-corrected chi connectivity index (χ1v) is 6.14. The fourth-order valence-corrected chi connectivity index (χ4v) is 1.54. The summed E-state index contributed by atoms with van der Waals surface area (Å²) >= 11 is 0. The molecule has 7 heteroatoms. The molecule has 0 heterocycles. The van der Waals surface area contributed by atoms with Crippen molar-refractivity contribution in [3.05, 3.63) is 34.9 Å². The van der Waals surface area contributed by atoms with Crippen molar-refractivity contribution < 1.29 is 27.5 Å². The molecule has 116 valence electrons. The molecule has 0 saturated carbocycles. The molecular weight excluding hydrogens is 287 g/mol. The number of carbonyl (C=O) groups excluding carboxylic acids is 2. The lowest BCUT2D eigenvalue weighted by atomic mass is 10.1. The summed E-state index contributed by atoms with van der Waals surface area (Å²) in [7, 11) is 0. The molecule has 0 radical (unpaired) electrons. The zero-order valence-corrected chi connectivity index (χ0v) is 11.9. The lowest BCUT2D eigenvalue weighted by Crippen LogP contribution is -2.32. The van der Waals surface area contributed by atoms with E-state index in [1.165, 1.54) is 6.07 Å². The highest BCUT2D eigenvalue weighted by molar-refractivity contribution is 5.75. The van der Waals surface area contributed by atoms with Crippen LogP contribution in [0.1, 0.15) is 42.3 Å². The largest absolute Gasteiger partial charge is 0.444 e. The van der Waals surface area contributed by atoms with Crippen molar-refractivity contribution in [3.63, 3.8) is 0 Å². The average Bonchev–Trinajstić information content (AvgIpc) is 2.33. The van der Waals surface area contributed by atoms with Gasteiger partial charge in [-0.05, 0) is 44.5 Å². The van der Waals surface area contributed by atoms with Crippen LogP contribution in [-0.2, 0) is 17.5 Å². The minimum atomic E-state index is -4.56. The van der Waals surface area contributed by atoms with Crippen molar-refractivity contribution in [1.82, 2.24) is 5.32 Å². The Morgan fingerprint density at radius 3 is 2.33 bits per heavy atom. The highest BCUT2D eigenvalue weighted by Gasteiger charge is 2.31. The van der Waals surface area contributed by atoms with Crippen LogP contribution in [0.25, 0.3) is 0 Å². The number of benzene rings is 1. The van der Waals surface area contributed by atoms with E-state index in [2.05, 4.69) is 5.32 Å². The first-order valence-electron chi connectivity index (χ1n) is 6.14. The summed E-state index contributed by atoms with van der Waals surface area (Å²) in [4.78, 5) is 22.1. The van der Waals surface area contributed by atoms with E-state index < -0.39 is 23.4 Å². The zero-order chi connectivity index (χ0) is 16.3. The van der Waals surface area contributed by atoms with Gasteiger partial charge < -0.3 is 10.1 Å². The molecule has 0 atom stereocenters. The minimum Gasteiger partial charge on any atom is -0.444 e. The van der Waals surface area contributed by atoms with Gasteiger partial charge in [-0.2, -0.15) is 13.2 Å². The van der Waals surface area contributed by atoms with Gasteiger partial charge in [0.1, 0.15) is 11.9 Å². The van der Waals surface area contributed by atoms with Crippen LogP contribution in [0.3, 0.4) is 0 Å². The van der Waals surface area contributed by atoms with Crippen LogP contribution in [-0.4, -0.2) is 18.0 Å². The number of amides is 1. The van der Waals surface area contributed by atoms with Crippen LogP contribution in [0.2, 0.25) is 0 Å². The molecule has 0 saturated heterocycles. The van der Waals surface area contributed by atoms with Gasteiger partial charge in [-0.1, -0.05) is 0 Å². The van der Waals surface area contributed by atoms with E-state index in [1.54, 1.807) is 20.8 Å². The summed E-state index contributed by atoms with van der Waals surface area (Å²) in [6, 6.07) is 2.91. The normalized spacial score (nSPS) is 11.9. The van der Waals surface area contributed by atoms with Gasteiger partial charge in [0.25, 0.3) is 0 Å². The molecule has 0 aliphatic rings. The number of carbonyl (C=O) groups is 2. The van der Waals surface area contributed by atoms with Gasteiger partial charge in [0, 0.05) is 12.1 Å². The van der Waals surface area contributed by atoms with Crippen LogP contribution < -0.4 is 5.32 Å². The van der Waals surface area contributed by atoms with Crippen molar-refractivity contribution in [3.8, 4) is 0 Å². The number of aldehydes is 1. The zero-order valence-electron chi connectivity index (χ0n) is 11.9. The van der Waals surface area contributed by atoms with Crippen molar-refractivity contribution >= 4 is 12.4 Å². The molecule has 0 spiro atoms. The Kier molecular flexibility index (Phi) is 4.98. The first kappa shape index (κ1) is 17.0. The Morgan fingerprint density at radius 1 is 1.24 bits per heavy atom. The number of alkyl carbamates (subject to hydrolysis) is 1. The monoisotopic (exact) mass is 303 g/mol. The second kappa shape index (κ2) is 6.15. The van der Waals surface area contributed by atoms with Crippen LogP contribution in [0.5, 0.6) is 0 Å². The van der Waals surface area contributed by atoms with Crippen LogP contribution >= 0.6 is 0 Å². The molecule has 1 N–H and O–H groups in total. The van der Waals surface area contributed by atoms with Gasteiger partial charge in [0.15, 0.2) is 0 Å². The van der Waals surface area contributed by atoms with E-state index in [4.69, 9.17) is 4.74 Å². The molecule has 21 heavy (non-hydrogen) atoms. The van der Waals surface area contributed by atoms with Crippen LogP contribution in [0.15, 0.2) is 18.2 Å². The topological polar surface area (TPSA) is 55.4 Å². The van der Waals surface area contributed by atoms with Gasteiger partial charge in [-0.15, -0.1) is 0 Å². The summed E-state index contributed by atoms with van der Waals surface area (Å²) in [5.41, 5.74) is -1.58. The second-order valence-corrected chi connectivity index (χ2v) is 5.43. The van der Waals surface area contributed by atoms with Crippen molar-refractivity contribution in [1.29, 1.82) is 0 Å². The Hall–Kier alpha value is -2.05. The van der Waals surface area contributed by atoms with Crippen molar-refractivity contribution in [2.75, 3.05) is 0 Å². The summed E-state index contributed by atoms with van der Waals surface area (Å²) in [5, 5.41) is 2.34. The third-order valence-corrected chi connectivity index (χ3v) is 2.31. The van der Waals surface area contributed by atoms with Gasteiger partial charge in [0.2, 0.25) is 0 Å². The fraction of sp³-hybridized carbons (Fsp3) is 0.429. The highest BCUT2D eigenvalue weighted by Crippen LogP contribution is 2.30. The number of hydrogen-bond donors (Lipinski definition) is 1. The van der Waals surface area contributed by atoms with Gasteiger partial charge in [0.05, 0.1) is 5.56 Å². The smallest absolute Gasteiger partial charge is 0.416 e. The predicted molar refractivity (Wildman–Crippen MR) is 69.9 cm³/mol. The average molecular weight is 303 g/mol. The van der Waals surface area contributed by atoms with Crippen LogP contribution in [0, 0.1) is 0 Å². The maximum atomic E-state index is 12.7. The molecule has 0 aliphatic carbocycles. The molecular formula is C14H16F3NO3.